The summed E-state index contributed by atoms with van der Waals surface area (Å²) in [6, 6.07) is 32.4. The number of carbonyl (C=O) groups excluding carboxylic acids is 2. The molecule has 0 saturated carbocycles. The van der Waals surface area contributed by atoms with Crippen LogP contribution in [0.5, 0.6) is 0 Å². The standard InChI is InChI=1S/C30H24N2O2S/c1-21-19-20-32(27-13-7-8-14-28(27)35-21)30(34)23-15-17-24(18-16-23)31-29(33)26-12-6-5-11-25(26)22-9-3-2-4-10-22/h2-19H,20H2,1H3,(H,31,33). The monoisotopic (exact) mass is 476 g/mol. The lowest BCUT2D eigenvalue weighted by Gasteiger charge is -2.22. The zero-order chi connectivity index (χ0) is 24.2. The highest BCUT2D eigenvalue weighted by Gasteiger charge is 2.22. The van der Waals surface area contributed by atoms with Crippen LogP contribution in [0.25, 0.3) is 11.1 Å². The van der Waals surface area contributed by atoms with Crippen molar-refractivity contribution in [2.24, 2.45) is 0 Å². The summed E-state index contributed by atoms with van der Waals surface area (Å²) in [7, 11) is 0. The molecular formula is C30H24N2O2S. The van der Waals surface area contributed by atoms with Gasteiger partial charge in [0.15, 0.2) is 0 Å². The third-order valence-electron chi connectivity index (χ3n) is 5.88. The predicted octanol–water partition coefficient (Wildman–Crippen LogP) is 7.26. The fourth-order valence-electron chi connectivity index (χ4n) is 4.09. The van der Waals surface area contributed by atoms with Crippen LogP contribution < -0.4 is 10.2 Å². The molecule has 0 unspecified atom stereocenters. The van der Waals surface area contributed by atoms with E-state index in [1.807, 2.05) is 78.9 Å². The summed E-state index contributed by atoms with van der Waals surface area (Å²) in [4.78, 5) is 30.5. The first-order valence-electron chi connectivity index (χ1n) is 11.4. The van der Waals surface area contributed by atoms with E-state index >= 15 is 0 Å². The maximum Gasteiger partial charge on any atom is 0.258 e. The van der Waals surface area contributed by atoms with Gasteiger partial charge >= 0.3 is 0 Å². The summed E-state index contributed by atoms with van der Waals surface area (Å²) in [5.41, 5.74) is 4.57. The first kappa shape index (κ1) is 22.7. The molecule has 0 fully saturated rings. The number of hydrogen-bond donors (Lipinski definition) is 1. The van der Waals surface area contributed by atoms with Crippen molar-refractivity contribution in [3.05, 3.63) is 125 Å². The van der Waals surface area contributed by atoms with Gasteiger partial charge in [-0.25, -0.2) is 0 Å². The van der Waals surface area contributed by atoms with Gasteiger partial charge in [0, 0.05) is 28.3 Å². The van der Waals surface area contributed by atoms with E-state index in [4.69, 9.17) is 0 Å². The van der Waals surface area contributed by atoms with Crippen LogP contribution in [-0.2, 0) is 0 Å². The molecule has 35 heavy (non-hydrogen) atoms. The van der Waals surface area contributed by atoms with E-state index < -0.39 is 0 Å². The number of rotatable bonds is 4. The molecule has 1 heterocycles. The lowest BCUT2D eigenvalue weighted by molar-refractivity contribution is 0.0988. The summed E-state index contributed by atoms with van der Waals surface area (Å²) in [5.74, 6) is -0.265. The number of amides is 2. The maximum atomic E-state index is 13.4. The van der Waals surface area contributed by atoms with Crippen molar-refractivity contribution in [2.75, 3.05) is 16.8 Å². The Morgan fingerprint density at radius 1 is 0.800 bits per heavy atom. The third-order valence-corrected chi connectivity index (χ3v) is 6.93. The molecule has 5 rings (SSSR count). The summed E-state index contributed by atoms with van der Waals surface area (Å²) in [6.07, 6.45) is 2.07. The van der Waals surface area contributed by atoms with Gasteiger partial charge < -0.3 is 10.2 Å². The second-order valence-corrected chi connectivity index (χ2v) is 9.53. The van der Waals surface area contributed by atoms with Crippen molar-refractivity contribution in [3.63, 3.8) is 0 Å². The molecule has 1 aliphatic heterocycles. The van der Waals surface area contributed by atoms with Gasteiger partial charge in [-0.1, -0.05) is 78.5 Å². The minimum absolute atomic E-state index is 0.0729. The highest BCUT2D eigenvalue weighted by molar-refractivity contribution is 8.03. The zero-order valence-corrected chi connectivity index (χ0v) is 20.1. The van der Waals surface area contributed by atoms with E-state index in [9.17, 15) is 9.59 Å². The van der Waals surface area contributed by atoms with Crippen molar-refractivity contribution in [1.29, 1.82) is 0 Å². The Bertz CT molecular complexity index is 1410. The van der Waals surface area contributed by atoms with Crippen molar-refractivity contribution in [2.45, 2.75) is 11.8 Å². The second kappa shape index (κ2) is 10.0. The van der Waals surface area contributed by atoms with Crippen molar-refractivity contribution < 1.29 is 9.59 Å². The molecule has 0 aromatic heterocycles. The predicted molar refractivity (Wildman–Crippen MR) is 144 cm³/mol. The van der Waals surface area contributed by atoms with Crippen LogP contribution in [0, 0.1) is 0 Å². The molecule has 1 aliphatic rings. The van der Waals surface area contributed by atoms with Crippen LogP contribution in [0.1, 0.15) is 27.6 Å². The normalized spacial score (nSPS) is 12.8. The van der Waals surface area contributed by atoms with Gasteiger partial charge in [-0.3, -0.25) is 9.59 Å². The Morgan fingerprint density at radius 3 is 2.29 bits per heavy atom. The molecule has 4 aromatic rings. The van der Waals surface area contributed by atoms with Gasteiger partial charge in [-0.15, -0.1) is 0 Å². The number of nitrogens with one attached hydrogen (secondary N) is 1. The summed E-state index contributed by atoms with van der Waals surface area (Å²) < 4.78 is 0. The molecule has 1 N–H and O–H groups in total. The average Bonchev–Trinajstić information content (AvgIpc) is 3.07. The molecule has 0 atom stereocenters. The Morgan fingerprint density at radius 2 is 1.49 bits per heavy atom. The van der Waals surface area contributed by atoms with Crippen LogP contribution in [0.3, 0.4) is 0 Å². The fourth-order valence-corrected chi connectivity index (χ4v) is 5.03. The maximum absolute atomic E-state index is 13.4. The molecule has 2 amide bonds. The summed E-state index contributed by atoms with van der Waals surface area (Å²) in [6.45, 7) is 2.58. The Hall–Kier alpha value is -4.09. The van der Waals surface area contributed by atoms with Crippen LogP contribution in [0.15, 0.2) is 119 Å². The summed E-state index contributed by atoms with van der Waals surface area (Å²) in [5, 5.41) is 2.97. The van der Waals surface area contributed by atoms with Gasteiger partial charge in [0.1, 0.15) is 0 Å². The number of nitrogens with zero attached hydrogens (tertiary/aromatic N) is 1. The van der Waals surface area contributed by atoms with Crippen molar-refractivity contribution >= 4 is 35.0 Å². The number of benzene rings is 4. The SMILES string of the molecule is CC1=CCN(C(=O)c2ccc(NC(=O)c3ccccc3-c3ccccc3)cc2)c2ccccc2S1. The number of thioether (sulfide) groups is 1. The molecule has 172 valence electrons. The molecule has 0 saturated heterocycles. The zero-order valence-electron chi connectivity index (χ0n) is 19.3. The molecular weight excluding hydrogens is 452 g/mol. The van der Waals surface area contributed by atoms with Gasteiger partial charge in [0.05, 0.1) is 5.69 Å². The van der Waals surface area contributed by atoms with E-state index in [2.05, 4.69) is 18.3 Å². The number of anilines is 2. The minimum atomic E-state index is -0.192. The molecule has 0 radical (unpaired) electrons. The Labute approximate surface area is 209 Å². The van der Waals surface area contributed by atoms with E-state index in [0.29, 0.717) is 23.4 Å². The number of allylic oxidation sites excluding steroid dienone is 1. The van der Waals surface area contributed by atoms with Crippen LogP contribution in [-0.4, -0.2) is 18.4 Å². The first-order valence-corrected chi connectivity index (χ1v) is 12.2. The highest BCUT2D eigenvalue weighted by Crippen LogP contribution is 2.37. The van der Waals surface area contributed by atoms with Crippen molar-refractivity contribution in [1.82, 2.24) is 0 Å². The number of para-hydroxylation sites is 1. The van der Waals surface area contributed by atoms with Gasteiger partial charge in [-0.05, 0) is 65.4 Å². The molecule has 4 nitrogen and oxygen atoms in total. The van der Waals surface area contributed by atoms with Crippen LogP contribution in [0.4, 0.5) is 11.4 Å². The lowest BCUT2D eigenvalue weighted by atomic mass is 9.99. The first-order chi connectivity index (χ1) is 17.1. The molecule has 0 spiro atoms. The fraction of sp³-hybridized carbons (Fsp3) is 0.0667. The molecule has 4 aromatic carbocycles. The quantitative estimate of drug-likeness (QED) is 0.337. The van der Waals surface area contributed by atoms with Crippen LogP contribution in [0.2, 0.25) is 0 Å². The smallest absolute Gasteiger partial charge is 0.258 e. The average molecular weight is 477 g/mol. The molecule has 5 heteroatoms. The van der Waals surface area contributed by atoms with E-state index in [1.165, 1.54) is 4.91 Å². The number of fused-ring (bicyclic) bond motifs is 1. The molecule has 0 aliphatic carbocycles. The largest absolute Gasteiger partial charge is 0.322 e. The topological polar surface area (TPSA) is 49.4 Å². The number of hydrogen-bond acceptors (Lipinski definition) is 3. The van der Waals surface area contributed by atoms with Crippen LogP contribution >= 0.6 is 11.8 Å². The second-order valence-electron chi connectivity index (χ2n) is 8.24. The molecule has 0 bridgehead atoms. The van der Waals surface area contributed by atoms with Crippen molar-refractivity contribution in [3.8, 4) is 11.1 Å². The minimum Gasteiger partial charge on any atom is -0.322 e. The summed E-state index contributed by atoms with van der Waals surface area (Å²) >= 11 is 1.68. The van der Waals surface area contributed by atoms with Gasteiger partial charge in [-0.2, -0.15) is 0 Å². The van der Waals surface area contributed by atoms with E-state index in [1.54, 1.807) is 40.9 Å². The third kappa shape index (κ3) is 4.91. The Kier molecular flexibility index (Phi) is 6.51. The Balaban J connectivity index is 1.35. The number of carbonyl (C=O) groups is 2. The van der Waals surface area contributed by atoms with E-state index in [0.717, 1.165) is 21.7 Å². The van der Waals surface area contributed by atoms with Gasteiger partial charge in [0.25, 0.3) is 11.8 Å². The lowest BCUT2D eigenvalue weighted by Crippen LogP contribution is -2.31. The van der Waals surface area contributed by atoms with Gasteiger partial charge in [0.2, 0.25) is 0 Å². The van der Waals surface area contributed by atoms with E-state index in [-0.39, 0.29) is 11.8 Å². The highest BCUT2D eigenvalue weighted by atomic mass is 32.2.